The molecule has 5 rings (SSSR count). The van der Waals surface area contributed by atoms with Gasteiger partial charge in [0.05, 0.1) is 5.69 Å². The van der Waals surface area contributed by atoms with Crippen molar-refractivity contribution in [1.29, 1.82) is 0 Å². The van der Waals surface area contributed by atoms with Gasteiger partial charge in [-0.1, -0.05) is 38.1 Å². The average molecular weight is 505 g/mol. The Labute approximate surface area is 206 Å². The van der Waals surface area contributed by atoms with E-state index >= 15 is 0 Å². The first kappa shape index (κ1) is 24.7. The van der Waals surface area contributed by atoms with Gasteiger partial charge >= 0.3 is 6.18 Å². The van der Waals surface area contributed by atoms with Gasteiger partial charge in [0.25, 0.3) is 0 Å². The molecule has 0 bridgehead atoms. The summed E-state index contributed by atoms with van der Waals surface area (Å²) in [6.45, 7) is 4.83. The molecule has 3 aromatic rings. The molecule has 36 heavy (non-hydrogen) atoms. The molecule has 0 spiro atoms. The third-order valence-electron chi connectivity index (χ3n) is 7.48. The fraction of sp³-hybridized carbons (Fsp3) is 0.500. The quantitative estimate of drug-likeness (QED) is 0.460. The van der Waals surface area contributed by atoms with E-state index in [0.717, 1.165) is 21.7 Å². The number of aromatic nitrogens is 3. The van der Waals surface area contributed by atoms with E-state index in [0.29, 0.717) is 38.1 Å². The van der Waals surface area contributed by atoms with E-state index in [2.05, 4.69) is 10.1 Å². The molecule has 0 N–H and O–H groups in total. The lowest BCUT2D eigenvalue weighted by molar-refractivity contribution is -0.191. The van der Waals surface area contributed by atoms with Crippen LogP contribution in [0.25, 0.3) is 5.65 Å². The summed E-state index contributed by atoms with van der Waals surface area (Å²) in [7, 11) is 1.22. The molecule has 6 nitrogen and oxygen atoms in total. The molecule has 2 aromatic heterocycles. The van der Waals surface area contributed by atoms with E-state index in [1.807, 2.05) is 13.8 Å². The van der Waals surface area contributed by atoms with Gasteiger partial charge in [0.1, 0.15) is 0 Å². The molecule has 0 radical (unpaired) electrons. The highest BCUT2D eigenvalue weighted by molar-refractivity contribution is 5.79. The fourth-order valence-corrected chi connectivity index (χ4v) is 5.77. The summed E-state index contributed by atoms with van der Waals surface area (Å²) in [5, 5.41) is 3.96. The summed E-state index contributed by atoms with van der Waals surface area (Å²) in [6.07, 6.45) is -1.40. The van der Waals surface area contributed by atoms with Gasteiger partial charge in [0, 0.05) is 55.3 Å². The van der Waals surface area contributed by atoms with Gasteiger partial charge in [-0.15, -0.1) is 5.10 Å². The Hall–Kier alpha value is -3.01. The normalized spacial score (nSPS) is 20.9. The zero-order chi connectivity index (χ0) is 25.8. The van der Waals surface area contributed by atoms with Crippen LogP contribution < -0.4 is 0 Å². The summed E-state index contributed by atoms with van der Waals surface area (Å²) in [5.41, 5.74) is 2.64. The van der Waals surface area contributed by atoms with Crippen molar-refractivity contribution in [2.24, 2.45) is 5.92 Å². The minimum Gasteiger partial charge on any atom is -0.381 e. The molecular weight excluding hydrogens is 476 g/mol. The highest BCUT2D eigenvalue weighted by atomic mass is 19.4. The van der Waals surface area contributed by atoms with Crippen LogP contribution in [0.1, 0.15) is 67.5 Å². The van der Waals surface area contributed by atoms with E-state index in [1.54, 1.807) is 18.3 Å². The van der Waals surface area contributed by atoms with E-state index in [4.69, 9.17) is 4.74 Å². The zero-order valence-corrected chi connectivity index (χ0v) is 20.3. The summed E-state index contributed by atoms with van der Waals surface area (Å²) in [4.78, 5) is 18.0. The van der Waals surface area contributed by atoms with Crippen molar-refractivity contribution in [3.8, 4) is 0 Å². The Kier molecular flexibility index (Phi) is 6.05. The van der Waals surface area contributed by atoms with Gasteiger partial charge in [0.2, 0.25) is 11.9 Å². The van der Waals surface area contributed by atoms with Crippen molar-refractivity contribution < 1.29 is 27.1 Å². The lowest BCUT2D eigenvalue weighted by Crippen LogP contribution is -2.43. The van der Waals surface area contributed by atoms with E-state index < -0.39 is 30.0 Å². The standard InChI is InChI=1S/C26H28F4N4O2/c1-25(2)13-18(19-14-31-21-12-20(27)32-34(21)23(19)25)15-4-6-16(7-5-15)22(26(28,29)30)33(3)24(35)17-8-10-36-11-9-17/h4-7,12,14,17-18,22H,8-11,13H2,1-3H3. The lowest BCUT2D eigenvalue weighted by Gasteiger charge is -2.34. The molecule has 2 atom stereocenters. The minimum absolute atomic E-state index is 0.00867. The van der Waals surface area contributed by atoms with Crippen LogP contribution in [0.15, 0.2) is 36.5 Å². The molecule has 1 aliphatic heterocycles. The van der Waals surface area contributed by atoms with Crippen molar-refractivity contribution >= 4 is 11.6 Å². The highest BCUT2D eigenvalue weighted by Crippen LogP contribution is 2.48. The van der Waals surface area contributed by atoms with Gasteiger partial charge < -0.3 is 9.64 Å². The second-order valence-corrected chi connectivity index (χ2v) is 10.4. The van der Waals surface area contributed by atoms with Crippen molar-refractivity contribution in [1.82, 2.24) is 19.5 Å². The van der Waals surface area contributed by atoms with Crippen LogP contribution in [0, 0.1) is 11.9 Å². The monoisotopic (exact) mass is 504 g/mol. The molecule has 1 amide bonds. The molecule has 1 saturated heterocycles. The predicted octanol–water partition coefficient (Wildman–Crippen LogP) is 5.17. The van der Waals surface area contributed by atoms with E-state index in [-0.39, 0.29) is 16.9 Å². The number of nitrogens with zero attached hydrogens (tertiary/aromatic N) is 4. The number of carbonyl (C=O) groups excluding carboxylic acids is 1. The average Bonchev–Trinajstić information content (AvgIpc) is 3.34. The second-order valence-electron chi connectivity index (χ2n) is 10.4. The molecule has 192 valence electrons. The molecule has 1 aromatic carbocycles. The summed E-state index contributed by atoms with van der Waals surface area (Å²) >= 11 is 0. The number of alkyl halides is 3. The second kappa shape index (κ2) is 8.83. The topological polar surface area (TPSA) is 59.7 Å². The maximum absolute atomic E-state index is 14.2. The molecule has 3 heterocycles. The summed E-state index contributed by atoms with van der Waals surface area (Å²) in [5.74, 6) is -1.73. The van der Waals surface area contributed by atoms with Crippen molar-refractivity contribution in [2.45, 2.75) is 56.7 Å². The molecule has 0 saturated carbocycles. The zero-order valence-electron chi connectivity index (χ0n) is 20.3. The van der Waals surface area contributed by atoms with Gasteiger partial charge in [-0.3, -0.25) is 4.79 Å². The number of hydrogen-bond acceptors (Lipinski definition) is 4. The number of rotatable bonds is 4. The molecule has 1 fully saturated rings. The summed E-state index contributed by atoms with van der Waals surface area (Å²) in [6, 6.07) is 5.50. The van der Waals surface area contributed by atoms with Crippen LogP contribution in [-0.4, -0.2) is 51.8 Å². The van der Waals surface area contributed by atoms with Crippen LogP contribution in [0.3, 0.4) is 0 Å². The largest absolute Gasteiger partial charge is 0.413 e. The van der Waals surface area contributed by atoms with Crippen molar-refractivity contribution in [3.63, 3.8) is 0 Å². The molecule has 2 aliphatic rings. The number of carbonyl (C=O) groups is 1. The van der Waals surface area contributed by atoms with Crippen LogP contribution >= 0.6 is 0 Å². The van der Waals surface area contributed by atoms with Crippen LogP contribution in [0.4, 0.5) is 17.6 Å². The maximum Gasteiger partial charge on any atom is 0.413 e. The van der Waals surface area contributed by atoms with Gasteiger partial charge in [0.15, 0.2) is 11.7 Å². The van der Waals surface area contributed by atoms with E-state index in [9.17, 15) is 22.4 Å². The van der Waals surface area contributed by atoms with Crippen LogP contribution in [0.2, 0.25) is 0 Å². The van der Waals surface area contributed by atoms with Crippen LogP contribution in [-0.2, 0) is 14.9 Å². The first-order chi connectivity index (χ1) is 17.0. The smallest absolute Gasteiger partial charge is 0.381 e. The van der Waals surface area contributed by atoms with Gasteiger partial charge in [-0.05, 0) is 30.4 Å². The minimum atomic E-state index is -4.63. The number of ether oxygens (including phenoxy) is 1. The third kappa shape index (κ3) is 4.25. The number of benzene rings is 1. The Morgan fingerprint density at radius 2 is 1.86 bits per heavy atom. The Morgan fingerprint density at radius 3 is 2.50 bits per heavy atom. The van der Waals surface area contributed by atoms with Crippen molar-refractivity contribution in [2.75, 3.05) is 20.3 Å². The number of halogens is 4. The van der Waals surface area contributed by atoms with Gasteiger partial charge in [-0.25, -0.2) is 9.50 Å². The Bertz CT molecular complexity index is 1280. The fourth-order valence-electron chi connectivity index (χ4n) is 5.77. The summed E-state index contributed by atoms with van der Waals surface area (Å²) < 4.78 is 63.1. The third-order valence-corrected chi connectivity index (χ3v) is 7.48. The molecule has 2 unspecified atom stereocenters. The predicted molar refractivity (Wildman–Crippen MR) is 124 cm³/mol. The maximum atomic E-state index is 14.2. The molecule has 1 aliphatic carbocycles. The molecule has 10 heteroatoms. The highest BCUT2D eigenvalue weighted by Gasteiger charge is 2.46. The van der Waals surface area contributed by atoms with Crippen LogP contribution in [0.5, 0.6) is 0 Å². The molecular formula is C26H28F4N4O2. The lowest BCUT2D eigenvalue weighted by atomic mass is 9.86. The first-order valence-corrected chi connectivity index (χ1v) is 12.0. The Morgan fingerprint density at radius 1 is 1.19 bits per heavy atom. The SMILES string of the molecule is CN(C(=O)C1CCOCC1)C(c1ccc(C2CC(C)(C)c3c2cnc2cc(F)nn32)cc1)C(F)(F)F. The number of fused-ring (bicyclic) bond motifs is 3. The Balaban J connectivity index is 1.46. The number of amides is 1. The van der Waals surface area contributed by atoms with E-state index in [1.165, 1.54) is 29.8 Å². The first-order valence-electron chi connectivity index (χ1n) is 12.0. The van der Waals surface area contributed by atoms with Crippen molar-refractivity contribution in [3.05, 3.63) is 64.9 Å². The van der Waals surface area contributed by atoms with Gasteiger partial charge in [-0.2, -0.15) is 17.6 Å². The number of hydrogen-bond donors (Lipinski definition) is 0.